The second-order valence-corrected chi connectivity index (χ2v) is 15.0. The molecule has 4 heterocycles. The highest BCUT2D eigenvalue weighted by Crippen LogP contribution is 2.37. The summed E-state index contributed by atoms with van der Waals surface area (Å²) in [6.45, 7) is 18.3. The number of rotatable bonds is 10. The van der Waals surface area contributed by atoms with Gasteiger partial charge in [-0.25, -0.2) is 9.18 Å². The van der Waals surface area contributed by atoms with E-state index in [1.54, 1.807) is 24.1 Å². The Balaban J connectivity index is 1.43. The number of methoxy groups -OCH3 is 1. The summed E-state index contributed by atoms with van der Waals surface area (Å²) >= 11 is 0. The third-order valence-electron chi connectivity index (χ3n) is 9.58. The fourth-order valence-corrected chi connectivity index (χ4v) is 7.02. The summed E-state index contributed by atoms with van der Waals surface area (Å²) in [6.07, 6.45) is 0.142. The summed E-state index contributed by atoms with van der Waals surface area (Å²) in [7, 11) is 1.64. The Labute approximate surface area is 296 Å². The number of hydrogen-bond acceptors (Lipinski definition) is 10. The number of pyridine rings is 1. The van der Waals surface area contributed by atoms with Gasteiger partial charge in [0, 0.05) is 69.4 Å². The van der Waals surface area contributed by atoms with Crippen molar-refractivity contribution in [1.29, 1.82) is 0 Å². The summed E-state index contributed by atoms with van der Waals surface area (Å²) in [5.74, 6) is 0.650. The number of carbonyl (C=O) groups excluding carboxylic acids is 2. The molecule has 12 nitrogen and oxygen atoms in total. The first-order valence-electron chi connectivity index (χ1n) is 17.8. The molecule has 3 aliphatic heterocycles. The van der Waals surface area contributed by atoms with Crippen LogP contribution in [0.15, 0.2) is 30.3 Å². The first kappa shape index (κ1) is 37.7. The molecular weight excluding hydrogens is 643 g/mol. The molecule has 0 unspecified atom stereocenters. The summed E-state index contributed by atoms with van der Waals surface area (Å²) < 4.78 is 36.7. The summed E-state index contributed by atoms with van der Waals surface area (Å²) in [4.78, 5) is 41.0. The Morgan fingerprint density at radius 1 is 1.00 bits per heavy atom. The Morgan fingerprint density at radius 3 is 2.36 bits per heavy atom. The second kappa shape index (κ2) is 16.2. The lowest BCUT2D eigenvalue weighted by atomic mass is 10.0. The van der Waals surface area contributed by atoms with Crippen molar-refractivity contribution in [2.75, 3.05) is 76.5 Å². The highest BCUT2D eigenvalue weighted by Gasteiger charge is 2.41. The maximum Gasteiger partial charge on any atom is 0.410 e. The van der Waals surface area contributed by atoms with Crippen molar-refractivity contribution in [2.45, 2.75) is 90.7 Å². The molecule has 0 bridgehead atoms. The molecule has 13 heteroatoms. The van der Waals surface area contributed by atoms with E-state index in [4.69, 9.17) is 23.9 Å². The lowest BCUT2D eigenvalue weighted by Crippen LogP contribution is -2.65. The highest BCUT2D eigenvalue weighted by molar-refractivity contribution is 5.97. The molecule has 2 amide bonds. The van der Waals surface area contributed by atoms with Crippen molar-refractivity contribution in [3.8, 4) is 5.88 Å². The van der Waals surface area contributed by atoms with E-state index in [9.17, 15) is 14.0 Å². The van der Waals surface area contributed by atoms with Crippen molar-refractivity contribution >= 4 is 23.5 Å². The van der Waals surface area contributed by atoms with Gasteiger partial charge in [0.2, 0.25) is 11.8 Å². The van der Waals surface area contributed by atoms with Gasteiger partial charge in [-0.05, 0) is 72.2 Å². The van der Waals surface area contributed by atoms with Crippen LogP contribution in [0.3, 0.4) is 0 Å². The highest BCUT2D eigenvalue weighted by atomic mass is 19.1. The first-order chi connectivity index (χ1) is 23.7. The number of anilines is 2. The normalized spacial score (nSPS) is 24.8. The zero-order valence-electron chi connectivity index (χ0n) is 30.9. The van der Waals surface area contributed by atoms with Gasteiger partial charge >= 0.3 is 6.09 Å². The number of ether oxygens (including phenoxy) is 4. The van der Waals surface area contributed by atoms with Gasteiger partial charge in [0.15, 0.2) is 0 Å². The minimum atomic E-state index is -0.616. The third-order valence-corrected chi connectivity index (χ3v) is 9.58. The number of halogens is 1. The standard InChI is InChI=1S/C37H55FN6O6/c1-24-17-41(31(18-42-25(2)21-48-22-26(42)3)19-43(24)36(46)50-37(5,6)7)20-33(45)44-27(4)23-49-35-32(44)16-29(34(40-35)39-13-14-47-8)15-28-9-11-30(38)12-10-28/h9-12,16,24-27,31H,13-15,17-23H2,1-8H3,(H,39,40)/t24-,25-,26-,27+,31+/m1/s1. The van der Waals surface area contributed by atoms with E-state index >= 15 is 0 Å². The molecule has 3 aliphatic rings. The molecule has 1 aromatic carbocycles. The summed E-state index contributed by atoms with van der Waals surface area (Å²) in [6, 6.07) is 8.26. The van der Waals surface area contributed by atoms with E-state index in [0.29, 0.717) is 76.4 Å². The molecule has 2 aromatic rings. The molecule has 2 saturated heterocycles. The van der Waals surface area contributed by atoms with Gasteiger partial charge in [-0.15, -0.1) is 0 Å². The van der Waals surface area contributed by atoms with E-state index < -0.39 is 5.60 Å². The lowest BCUT2D eigenvalue weighted by molar-refractivity contribution is -0.123. The number of fused-ring (bicyclic) bond motifs is 1. The number of piperazine rings is 1. The van der Waals surface area contributed by atoms with Gasteiger partial charge in [-0.2, -0.15) is 4.98 Å². The van der Waals surface area contributed by atoms with Gasteiger partial charge < -0.3 is 34.1 Å². The summed E-state index contributed by atoms with van der Waals surface area (Å²) in [5, 5.41) is 3.34. The molecular formula is C37H55FN6O6. The molecule has 5 atom stereocenters. The molecule has 50 heavy (non-hydrogen) atoms. The van der Waals surface area contributed by atoms with E-state index in [0.717, 1.165) is 11.1 Å². The van der Waals surface area contributed by atoms with Crippen LogP contribution in [-0.2, 0) is 25.4 Å². The van der Waals surface area contributed by atoms with Crippen LogP contribution in [0.1, 0.15) is 59.6 Å². The Bertz CT molecular complexity index is 1460. The van der Waals surface area contributed by atoms with Crippen LogP contribution in [-0.4, -0.2) is 134 Å². The molecule has 2 fully saturated rings. The number of nitrogens with one attached hydrogen (secondary N) is 1. The maximum absolute atomic E-state index is 14.5. The minimum Gasteiger partial charge on any atom is -0.474 e. The topological polar surface area (TPSA) is 109 Å². The SMILES string of the molecule is COCCNc1nc2c(cc1Cc1ccc(F)cc1)N(C(=O)CN1C[C@@H](C)N(C(=O)OC(C)(C)C)C[C@@H]1CN1[C@H](C)COC[C@H]1C)[C@@H](C)CO2. The molecule has 0 aliphatic carbocycles. The van der Waals surface area contributed by atoms with Crippen molar-refractivity contribution < 1.29 is 32.9 Å². The number of benzene rings is 1. The Kier molecular flexibility index (Phi) is 12.2. The zero-order valence-corrected chi connectivity index (χ0v) is 30.9. The van der Waals surface area contributed by atoms with Gasteiger partial charge in [-0.1, -0.05) is 12.1 Å². The average molecular weight is 699 g/mol. The number of nitrogens with zero attached hydrogens (tertiary/aromatic N) is 5. The zero-order chi connectivity index (χ0) is 36.2. The fraction of sp³-hybridized carbons (Fsp3) is 0.649. The predicted octanol–water partition coefficient (Wildman–Crippen LogP) is 4.40. The smallest absolute Gasteiger partial charge is 0.410 e. The van der Waals surface area contributed by atoms with Crippen LogP contribution in [0.4, 0.5) is 20.7 Å². The predicted molar refractivity (Wildman–Crippen MR) is 190 cm³/mol. The van der Waals surface area contributed by atoms with E-state index in [2.05, 4.69) is 29.0 Å². The Morgan fingerprint density at radius 2 is 1.70 bits per heavy atom. The largest absolute Gasteiger partial charge is 0.474 e. The van der Waals surface area contributed by atoms with Crippen LogP contribution in [0.2, 0.25) is 0 Å². The van der Waals surface area contributed by atoms with Crippen molar-refractivity contribution in [3.63, 3.8) is 0 Å². The van der Waals surface area contributed by atoms with Crippen molar-refractivity contribution in [3.05, 3.63) is 47.3 Å². The maximum atomic E-state index is 14.5. The molecule has 5 rings (SSSR count). The van der Waals surface area contributed by atoms with Crippen LogP contribution >= 0.6 is 0 Å². The van der Waals surface area contributed by atoms with E-state index in [-0.39, 0.29) is 54.6 Å². The molecule has 1 aromatic heterocycles. The van der Waals surface area contributed by atoms with Gasteiger partial charge in [0.05, 0.1) is 32.4 Å². The fourth-order valence-electron chi connectivity index (χ4n) is 7.02. The van der Waals surface area contributed by atoms with Gasteiger partial charge in [0.25, 0.3) is 0 Å². The number of hydrogen-bond donors (Lipinski definition) is 1. The van der Waals surface area contributed by atoms with E-state index in [1.807, 2.05) is 45.6 Å². The van der Waals surface area contributed by atoms with Crippen molar-refractivity contribution in [2.24, 2.45) is 0 Å². The number of aromatic nitrogens is 1. The number of morpholine rings is 1. The lowest BCUT2D eigenvalue weighted by Gasteiger charge is -2.49. The Hall–Kier alpha value is -3.52. The molecule has 1 N–H and O–H groups in total. The van der Waals surface area contributed by atoms with Gasteiger partial charge in [-0.3, -0.25) is 14.6 Å². The van der Waals surface area contributed by atoms with Crippen LogP contribution in [0, 0.1) is 5.82 Å². The monoisotopic (exact) mass is 698 g/mol. The second-order valence-electron chi connectivity index (χ2n) is 15.0. The minimum absolute atomic E-state index is 0.0670. The molecule has 0 spiro atoms. The number of carbonyl (C=O) groups is 2. The third kappa shape index (κ3) is 9.22. The number of amides is 2. The average Bonchev–Trinajstić information content (AvgIpc) is 3.04. The van der Waals surface area contributed by atoms with Crippen molar-refractivity contribution in [1.82, 2.24) is 19.7 Å². The van der Waals surface area contributed by atoms with E-state index in [1.165, 1.54) is 12.1 Å². The van der Waals surface area contributed by atoms with Crippen LogP contribution in [0.5, 0.6) is 5.88 Å². The van der Waals surface area contributed by atoms with Gasteiger partial charge in [0.1, 0.15) is 29.5 Å². The molecule has 276 valence electrons. The molecule has 0 saturated carbocycles. The van der Waals surface area contributed by atoms with Crippen LogP contribution in [0.25, 0.3) is 0 Å². The first-order valence-corrected chi connectivity index (χ1v) is 17.8. The quantitative estimate of drug-likeness (QED) is 0.359. The van der Waals surface area contributed by atoms with Crippen LogP contribution < -0.4 is 15.0 Å². The summed E-state index contributed by atoms with van der Waals surface area (Å²) in [5.41, 5.74) is 1.76. The molecule has 0 radical (unpaired) electrons.